The lowest BCUT2D eigenvalue weighted by molar-refractivity contribution is -0.116. The fourth-order valence-electron chi connectivity index (χ4n) is 3.49. The molecule has 0 bridgehead atoms. The molecule has 2 saturated heterocycles. The van der Waals surface area contributed by atoms with Crippen LogP contribution in [-0.4, -0.2) is 48.5 Å². The van der Waals surface area contributed by atoms with Crippen molar-refractivity contribution in [2.24, 2.45) is 0 Å². The van der Waals surface area contributed by atoms with Crippen molar-refractivity contribution < 1.29 is 18.3 Å². The molecule has 0 unspecified atom stereocenters. The van der Waals surface area contributed by atoms with Crippen LogP contribution in [0.25, 0.3) is 10.9 Å². The fraction of sp³-hybridized carbons (Fsp3) is 0.529. The van der Waals surface area contributed by atoms with E-state index in [2.05, 4.69) is 14.9 Å². The number of hydrogen-bond donors (Lipinski definition) is 0. The molecule has 4 rings (SSSR count). The van der Waals surface area contributed by atoms with Gasteiger partial charge in [0.1, 0.15) is 5.82 Å². The summed E-state index contributed by atoms with van der Waals surface area (Å²) in [6, 6.07) is 7.30. The Morgan fingerprint density at radius 3 is 2.67 bits per heavy atom. The molecule has 0 radical (unpaired) electrons. The lowest BCUT2D eigenvalue weighted by Crippen LogP contribution is -2.54. The number of ether oxygens (including phenoxy) is 2. The Balaban J connectivity index is 1.74. The molecule has 2 aromatic rings. The van der Waals surface area contributed by atoms with Crippen LogP contribution in [0.4, 0.5) is 14.6 Å². The first-order valence-corrected chi connectivity index (χ1v) is 8.18. The maximum absolute atomic E-state index is 13.2. The maximum Gasteiger partial charge on any atom is 0.297 e. The van der Waals surface area contributed by atoms with E-state index in [1.54, 1.807) is 12.1 Å². The molecule has 0 aliphatic carbocycles. The highest BCUT2D eigenvalue weighted by atomic mass is 19.3. The van der Waals surface area contributed by atoms with Crippen molar-refractivity contribution >= 4 is 16.7 Å². The van der Waals surface area contributed by atoms with Crippen molar-refractivity contribution in [3.8, 4) is 0 Å². The molecule has 1 aromatic heterocycles. The Hall–Kier alpha value is -1.86. The van der Waals surface area contributed by atoms with E-state index in [9.17, 15) is 8.78 Å². The molecule has 0 amide bonds. The van der Waals surface area contributed by atoms with Crippen molar-refractivity contribution in [1.29, 1.82) is 0 Å². The van der Waals surface area contributed by atoms with Crippen LogP contribution in [0.5, 0.6) is 0 Å². The zero-order chi connectivity index (χ0) is 16.6. The molecule has 2 aliphatic rings. The van der Waals surface area contributed by atoms with Crippen LogP contribution in [-0.2, 0) is 9.47 Å². The smallest absolute Gasteiger partial charge is 0.297 e. The van der Waals surface area contributed by atoms with E-state index in [-0.39, 0.29) is 5.60 Å². The van der Waals surface area contributed by atoms with E-state index < -0.39 is 12.2 Å². The Morgan fingerprint density at radius 2 is 1.88 bits per heavy atom. The maximum atomic E-state index is 13.2. The third-order valence-corrected chi connectivity index (χ3v) is 4.75. The summed E-state index contributed by atoms with van der Waals surface area (Å²) in [6.07, 6.45) is -1.06. The van der Waals surface area contributed by atoms with Gasteiger partial charge in [-0.2, -0.15) is 0 Å². The van der Waals surface area contributed by atoms with E-state index >= 15 is 0 Å². The summed E-state index contributed by atoms with van der Waals surface area (Å²) in [5.74, 6) is 0.154. The van der Waals surface area contributed by atoms with E-state index in [0.717, 1.165) is 18.2 Å². The standard InChI is InChI=1S/C17H19F2N3O2/c18-14(19)15-20-13-4-2-1-3-12(13)16(21-15)22-7-10-24-17(11-22)5-8-23-9-6-17/h1-4,14H,5-11H2. The van der Waals surface area contributed by atoms with Gasteiger partial charge in [0, 0.05) is 44.5 Å². The third-order valence-electron chi connectivity index (χ3n) is 4.75. The highest BCUT2D eigenvalue weighted by Gasteiger charge is 2.39. The van der Waals surface area contributed by atoms with Gasteiger partial charge < -0.3 is 14.4 Å². The summed E-state index contributed by atoms with van der Waals surface area (Å²) in [4.78, 5) is 10.2. The van der Waals surface area contributed by atoms with Gasteiger partial charge in [-0.05, 0) is 12.1 Å². The minimum atomic E-state index is -2.69. The molecule has 0 atom stereocenters. The first-order chi connectivity index (χ1) is 11.7. The Kier molecular flexibility index (Phi) is 4.05. The lowest BCUT2D eigenvalue weighted by atomic mass is 9.92. The van der Waals surface area contributed by atoms with Crippen molar-refractivity contribution in [1.82, 2.24) is 9.97 Å². The number of benzene rings is 1. The molecule has 0 N–H and O–H groups in total. The van der Waals surface area contributed by atoms with Gasteiger partial charge in [-0.25, -0.2) is 18.7 Å². The summed E-state index contributed by atoms with van der Waals surface area (Å²) in [5.41, 5.74) is 0.276. The number of morpholine rings is 1. The minimum Gasteiger partial charge on any atom is -0.381 e. The number of nitrogens with zero attached hydrogens (tertiary/aromatic N) is 3. The van der Waals surface area contributed by atoms with Crippen LogP contribution in [0.15, 0.2) is 24.3 Å². The SMILES string of the molecule is FC(F)c1nc(N2CCOC3(CCOCC3)C2)c2ccccc2n1. The molecule has 1 aromatic carbocycles. The van der Waals surface area contributed by atoms with Gasteiger partial charge in [-0.1, -0.05) is 12.1 Å². The second-order valence-corrected chi connectivity index (χ2v) is 6.29. The van der Waals surface area contributed by atoms with E-state index in [1.165, 1.54) is 0 Å². The number of hydrogen-bond acceptors (Lipinski definition) is 5. The summed E-state index contributed by atoms with van der Waals surface area (Å²) in [5, 5.41) is 0.797. The van der Waals surface area contributed by atoms with Gasteiger partial charge in [0.05, 0.1) is 17.7 Å². The van der Waals surface area contributed by atoms with Crippen LogP contribution < -0.4 is 4.90 Å². The molecular formula is C17H19F2N3O2. The van der Waals surface area contributed by atoms with Crippen molar-refractivity contribution in [2.45, 2.75) is 24.9 Å². The summed E-state index contributed by atoms with van der Waals surface area (Å²) < 4.78 is 37.9. The van der Waals surface area contributed by atoms with Gasteiger partial charge in [-0.15, -0.1) is 0 Å². The second kappa shape index (κ2) is 6.22. The number of para-hydroxylation sites is 1. The Bertz CT molecular complexity index is 729. The molecule has 1 spiro atoms. The topological polar surface area (TPSA) is 47.5 Å². The number of halogens is 2. The van der Waals surface area contributed by atoms with Crippen molar-refractivity contribution in [3.63, 3.8) is 0 Å². The summed E-state index contributed by atoms with van der Waals surface area (Å²) >= 11 is 0. The van der Waals surface area contributed by atoms with Crippen LogP contribution >= 0.6 is 0 Å². The third kappa shape index (κ3) is 2.82. The monoisotopic (exact) mass is 335 g/mol. The van der Waals surface area contributed by atoms with Gasteiger partial charge in [-0.3, -0.25) is 0 Å². The molecule has 0 saturated carbocycles. The second-order valence-electron chi connectivity index (χ2n) is 6.29. The Labute approximate surface area is 138 Å². The zero-order valence-corrected chi connectivity index (χ0v) is 13.3. The molecule has 2 aliphatic heterocycles. The molecule has 24 heavy (non-hydrogen) atoms. The predicted molar refractivity (Wildman–Crippen MR) is 85.4 cm³/mol. The minimum absolute atomic E-state index is 0.270. The van der Waals surface area contributed by atoms with Gasteiger partial charge in [0.2, 0.25) is 0 Å². The van der Waals surface area contributed by atoms with Crippen LogP contribution in [0, 0.1) is 0 Å². The van der Waals surface area contributed by atoms with Crippen molar-refractivity contribution in [2.75, 3.05) is 37.8 Å². The fourth-order valence-corrected chi connectivity index (χ4v) is 3.49. The lowest BCUT2D eigenvalue weighted by Gasteiger charge is -2.45. The normalized spacial score (nSPS) is 20.9. The molecular weight excluding hydrogens is 316 g/mol. The summed E-state index contributed by atoms with van der Waals surface area (Å²) in [6.45, 7) is 3.16. The van der Waals surface area contributed by atoms with E-state index in [1.807, 2.05) is 12.1 Å². The highest BCUT2D eigenvalue weighted by Crippen LogP contribution is 2.34. The van der Waals surface area contributed by atoms with Gasteiger partial charge in [0.15, 0.2) is 5.82 Å². The zero-order valence-electron chi connectivity index (χ0n) is 13.3. The summed E-state index contributed by atoms with van der Waals surface area (Å²) in [7, 11) is 0. The molecule has 7 heteroatoms. The predicted octanol–water partition coefficient (Wildman–Crippen LogP) is 2.95. The van der Waals surface area contributed by atoms with Gasteiger partial charge >= 0.3 is 0 Å². The quantitative estimate of drug-likeness (QED) is 0.844. The number of aromatic nitrogens is 2. The first-order valence-electron chi connectivity index (χ1n) is 8.18. The highest BCUT2D eigenvalue weighted by molar-refractivity contribution is 5.89. The first kappa shape index (κ1) is 15.7. The van der Waals surface area contributed by atoms with Crippen LogP contribution in [0.1, 0.15) is 25.1 Å². The van der Waals surface area contributed by atoms with Crippen LogP contribution in [0.3, 0.4) is 0 Å². The molecule has 3 heterocycles. The largest absolute Gasteiger partial charge is 0.381 e. The Morgan fingerprint density at radius 1 is 1.08 bits per heavy atom. The van der Waals surface area contributed by atoms with E-state index in [4.69, 9.17) is 9.47 Å². The number of alkyl halides is 2. The molecule has 5 nitrogen and oxygen atoms in total. The average molecular weight is 335 g/mol. The number of anilines is 1. The number of fused-ring (bicyclic) bond motifs is 1. The van der Waals surface area contributed by atoms with Crippen LogP contribution in [0.2, 0.25) is 0 Å². The number of rotatable bonds is 2. The molecule has 2 fully saturated rings. The van der Waals surface area contributed by atoms with Gasteiger partial charge in [0.25, 0.3) is 6.43 Å². The molecule has 128 valence electrons. The van der Waals surface area contributed by atoms with Crippen molar-refractivity contribution in [3.05, 3.63) is 30.1 Å². The van der Waals surface area contributed by atoms with E-state index in [0.29, 0.717) is 44.2 Å². The average Bonchev–Trinajstić information content (AvgIpc) is 2.61.